The first-order valence-corrected chi connectivity index (χ1v) is 10.4. The number of non-ortho nitro benzene ring substituents is 1. The minimum absolute atomic E-state index is 0.0136. The number of nitrogens with zero attached hydrogens (tertiary/aromatic N) is 2. The van der Waals surface area contributed by atoms with Gasteiger partial charge in [0.2, 0.25) is 0 Å². The second-order valence-electron chi connectivity index (χ2n) is 6.40. The molecule has 0 N–H and O–H groups in total. The summed E-state index contributed by atoms with van der Waals surface area (Å²) in [5, 5.41) is 11.3. The maximum atomic E-state index is 12.4. The van der Waals surface area contributed by atoms with Gasteiger partial charge in [-0.15, -0.1) is 0 Å². The number of halogens is 1. The molecule has 3 aromatic rings. The number of thiocarbonyl (C=S) groups is 1. The fourth-order valence-electron chi connectivity index (χ4n) is 2.87. The molecule has 0 saturated carbocycles. The normalized spacial score (nSPS) is 15.2. The lowest BCUT2D eigenvalue weighted by Gasteiger charge is -2.14. The second-order valence-corrected chi connectivity index (χ2v) is 8.22. The summed E-state index contributed by atoms with van der Waals surface area (Å²) in [5.41, 5.74) is 1.65. The highest BCUT2D eigenvalue weighted by Gasteiger charge is 2.32. The van der Waals surface area contributed by atoms with Crippen molar-refractivity contribution in [2.45, 2.75) is 6.54 Å². The van der Waals surface area contributed by atoms with E-state index in [1.54, 1.807) is 42.5 Å². The van der Waals surface area contributed by atoms with Gasteiger partial charge in [0.25, 0.3) is 10.9 Å². The molecule has 2 heterocycles. The Bertz CT molecular complexity index is 1170. The standard InChI is InChI=1S/C21H13ClN2O4S2/c22-15-5-1-13(2-6-15)12-23-20(29)19(30-21(23)25)11-17-9-10-18(28-17)14-3-7-16(8-4-14)24(26)27/h1-11H,12H2/b19-11-. The molecule has 1 amide bonds. The van der Waals surface area contributed by atoms with Gasteiger partial charge in [-0.05, 0) is 59.8 Å². The lowest BCUT2D eigenvalue weighted by atomic mass is 10.1. The largest absolute Gasteiger partial charge is 0.457 e. The Balaban J connectivity index is 1.51. The average molecular weight is 457 g/mol. The molecule has 30 heavy (non-hydrogen) atoms. The van der Waals surface area contributed by atoms with Gasteiger partial charge in [0.05, 0.1) is 16.4 Å². The molecule has 0 bridgehead atoms. The van der Waals surface area contributed by atoms with E-state index in [9.17, 15) is 14.9 Å². The Kier molecular flexibility index (Phi) is 5.72. The molecule has 6 nitrogen and oxygen atoms in total. The number of benzene rings is 2. The van der Waals surface area contributed by atoms with E-state index < -0.39 is 4.92 Å². The van der Waals surface area contributed by atoms with Crippen molar-refractivity contribution >= 4 is 57.6 Å². The highest BCUT2D eigenvalue weighted by molar-refractivity contribution is 8.19. The predicted octanol–water partition coefficient (Wildman–Crippen LogP) is 6.55. The number of amides is 1. The first-order valence-electron chi connectivity index (χ1n) is 8.75. The summed E-state index contributed by atoms with van der Waals surface area (Å²) >= 11 is 12.4. The van der Waals surface area contributed by atoms with Crippen LogP contribution in [0.4, 0.5) is 10.5 Å². The molecule has 0 radical (unpaired) electrons. The number of thioether (sulfide) groups is 1. The summed E-state index contributed by atoms with van der Waals surface area (Å²) in [6.45, 7) is 0.366. The summed E-state index contributed by atoms with van der Waals surface area (Å²) in [6, 6.07) is 16.9. The van der Waals surface area contributed by atoms with Crippen LogP contribution < -0.4 is 0 Å². The van der Waals surface area contributed by atoms with Crippen LogP contribution >= 0.6 is 35.6 Å². The second kappa shape index (κ2) is 8.43. The smallest absolute Gasteiger partial charge is 0.291 e. The molecule has 0 spiro atoms. The topological polar surface area (TPSA) is 76.6 Å². The van der Waals surface area contributed by atoms with Gasteiger partial charge in [-0.25, -0.2) is 0 Å². The molecule has 1 aliphatic rings. The van der Waals surface area contributed by atoms with Gasteiger partial charge in [0.15, 0.2) is 0 Å². The van der Waals surface area contributed by atoms with Crippen LogP contribution in [0.5, 0.6) is 0 Å². The zero-order valence-corrected chi connectivity index (χ0v) is 17.7. The van der Waals surface area contributed by atoms with Crippen molar-refractivity contribution in [1.82, 2.24) is 4.90 Å². The van der Waals surface area contributed by atoms with Crippen LogP contribution in [0.15, 0.2) is 70.0 Å². The van der Waals surface area contributed by atoms with E-state index in [4.69, 9.17) is 28.2 Å². The van der Waals surface area contributed by atoms with Gasteiger partial charge in [-0.1, -0.05) is 36.0 Å². The molecule has 0 atom stereocenters. The molecule has 1 aromatic heterocycles. The fraction of sp³-hybridized carbons (Fsp3) is 0.0476. The van der Waals surface area contributed by atoms with E-state index in [1.165, 1.54) is 17.0 Å². The first-order chi connectivity index (χ1) is 14.4. The van der Waals surface area contributed by atoms with E-state index in [0.717, 1.165) is 17.3 Å². The predicted molar refractivity (Wildman–Crippen MR) is 121 cm³/mol. The van der Waals surface area contributed by atoms with Crippen molar-refractivity contribution in [3.05, 3.63) is 92.0 Å². The maximum Gasteiger partial charge on any atom is 0.291 e. The van der Waals surface area contributed by atoms with E-state index in [1.807, 2.05) is 12.1 Å². The van der Waals surface area contributed by atoms with Crippen LogP contribution in [-0.4, -0.2) is 20.1 Å². The number of furan rings is 1. The van der Waals surface area contributed by atoms with Crippen molar-refractivity contribution in [3.8, 4) is 11.3 Å². The van der Waals surface area contributed by atoms with Gasteiger partial charge in [-0.3, -0.25) is 19.8 Å². The number of nitro benzene ring substituents is 1. The minimum atomic E-state index is -0.452. The molecule has 0 aliphatic carbocycles. The van der Waals surface area contributed by atoms with Crippen molar-refractivity contribution < 1.29 is 14.1 Å². The van der Waals surface area contributed by atoms with E-state index in [-0.39, 0.29) is 10.9 Å². The molecule has 2 aromatic carbocycles. The van der Waals surface area contributed by atoms with Crippen LogP contribution in [0, 0.1) is 10.1 Å². The highest BCUT2D eigenvalue weighted by atomic mass is 35.5. The number of hydrogen-bond acceptors (Lipinski definition) is 6. The van der Waals surface area contributed by atoms with Crippen LogP contribution in [0.25, 0.3) is 17.4 Å². The molecule has 1 fully saturated rings. The Labute approximate surface area is 186 Å². The van der Waals surface area contributed by atoms with Crippen LogP contribution in [0.3, 0.4) is 0 Å². The molecule has 9 heteroatoms. The summed E-state index contributed by atoms with van der Waals surface area (Å²) in [6.07, 6.45) is 1.72. The quantitative estimate of drug-likeness (QED) is 0.187. The van der Waals surface area contributed by atoms with Crippen molar-refractivity contribution in [2.75, 3.05) is 0 Å². The first kappa shape index (κ1) is 20.3. The van der Waals surface area contributed by atoms with Gasteiger partial charge < -0.3 is 4.42 Å². The molecule has 150 valence electrons. The average Bonchev–Trinajstić information content (AvgIpc) is 3.30. The third kappa shape index (κ3) is 4.30. The Morgan fingerprint density at radius 3 is 2.47 bits per heavy atom. The summed E-state index contributed by atoms with van der Waals surface area (Å²) in [5.74, 6) is 1.10. The molecule has 4 rings (SSSR count). The molecule has 0 unspecified atom stereocenters. The molecule has 1 aliphatic heterocycles. The monoisotopic (exact) mass is 456 g/mol. The summed E-state index contributed by atoms with van der Waals surface area (Å²) < 4.78 is 5.82. The van der Waals surface area contributed by atoms with E-state index in [2.05, 4.69) is 0 Å². The van der Waals surface area contributed by atoms with Gasteiger partial charge in [0, 0.05) is 22.7 Å². The lowest BCUT2D eigenvalue weighted by molar-refractivity contribution is -0.384. The van der Waals surface area contributed by atoms with Gasteiger partial charge in [-0.2, -0.15) is 0 Å². The molecular formula is C21H13ClN2O4S2. The van der Waals surface area contributed by atoms with Crippen LogP contribution in [0.2, 0.25) is 5.02 Å². The number of carbonyl (C=O) groups is 1. The number of rotatable bonds is 5. The van der Waals surface area contributed by atoms with E-state index in [0.29, 0.717) is 38.5 Å². The summed E-state index contributed by atoms with van der Waals surface area (Å²) in [4.78, 5) is 25.4. The Morgan fingerprint density at radius 1 is 1.10 bits per heavy atom. The lowest BCUT2D eigenvalue weighted by Crippen LogP contribution is -2.26. The van der Waals surface area contributed by atoms with E-state index >= 15 is 0 Å². The Hall–Kier alpha value is -2.94. The Morgan fingerprint density at radius 2 is 1.80 bits per heavy atom. The maximum absolute atomic E-state index is 12.4. The number of nitro groups is 1. The van der Waals surface area contributed by atoms with Crippen LogP contribution in [-0.2, 0) is 6.54 Å². The SMILES string of the molecule is O=C1S/C(=C\c2ccc(-c3ccc([N+](=O)[O-])cc3)o2)C(=S)N1Cc1ccc(Cl)cc1. The van der Waals surface area contributed by atoms with Crippen LogP contribution in [0.1, 0.15) is 11.3 Å². The minimum Gasteiger partial charge on any atom is -0.457 e. The third-order valence-corrected chi connectivity index (χ3v) is 6.14. The number of carbonyl (C=O) groups excluding carboxylic acids is 1. The highest BCUT2D eigenvalue weighted by Crippen LogP contribution is 2.35. The van der Waals surface area contributed by atoms with Gasteiger partial charge in [0.1, 0.15) is 16.5 Å². The van der Waals surface area contributed by atoms with Crippen molar-refractivity contribution in [1.29, 1.82) is 0 Å². The number of hydrogen-bond donors (Lipinski definition) is 0. The summed E-state index contributed by atoms with van der Waals surface area (Å²) in [7, 11) is 0. The zero-order chi connectivity index (χ0) is 21.3. The fourth-order valence-corrected chi connectivity index (χ4v) is 4.21. The van der Waals surface area contributed by atoms with Gasteiger partial charge >= 0.3 is 0 Å². The third-order valence-electron chi connectivity index (χ3n) is 4.39. The zero-order valence-electron chi connectivity index (χ0n) is 15.3. The van der Waals surface area contributed by atoms with Crippen molar-refractivity contribution in [2.24, 2.45) is 0 Å². The van der Waals surface area contributed by atoms with Crippen molar-refractivity contribution in [3.63, 3.8) is 0 Å². The molecular weight excluding hydrogens is 444 g/mol. The molecule has 1 saturated heterocycles.